The van der Waals surface area contributed by atoms with Gasteiger partial charge in [-0.15, -0.1) is 0 Å². The van der Waals surface area contributed by atoms with Crippen LogP contribution in [0.2, 0.25) is 0 Å². The lowest BCUT2D eigenvalue weighted by atomic mass is 10.2. The van der Waals surface area contributed by atoms with Crippen LogP contribution in [0.1, 0.15) is 20.8 Å². The van der Waals surface area contributed by atoms with Crippen LogP contribution in [0.3, 0.4) is 0 Å². The van der Waals surface area contributed by atoms with E-state index in [-0.39, 0.29) is 16.5 Å². The molecule has 0 aromatic heterocycles. The van der Waals surface area contributed by atoms with Gasteiger partial charge >= 0.3 is 0 Å². The molecule has 1 aromatic carbocycles. The average Bonchev–Trinajstić information content (AvgIpc) is 2.23. The normalized spacial score (nSPS) is 12.4. The fourth-order valence-corrected chi connectivity index (χ4v) is 5.41. The number of halogens is 2. The lowest BCUT2D eigenvalue weighted by molar-refractivity contribution is 0.381. The van der Waals surface area contributed by atoms with Crippen LogP contribution in [-0.4, -0.2) is 25.8 Å². The van der Waals surface area contributed by atoms with Crippen molar-refractivity contribution < 1.29 is 8.42 Å². The van der Waals surface area contributed by atoms with Crippen molar-refractivity contribution in [3.05, 3.63) is 21.1 Å². The molecular weight excluding hydrogens is 396 g/mol. The van der Waals surface area contributed by atoms with Crippen molar-refractivity contribution >= 4 is 47.6 Å². The van der Waals surface area contributed by atoms with E-state index in [0.717, 1.165) is 4.47 Å². The monoisotopic (exact) mass is 412 g/mol. The Balaban J connectivity index is 3.34. The van der Waals surface area contributed by atoms with E-state index >= 15 is 0 Å². The number of benzene rings is 1. The Morgan fingerprint density at radius 2 is 1.89 bits per heavy atom. The van der Waals surface area contributed by atoms with Gasteiger partial charge in [0, 0.05) is 22.0 Å². The van der Waals surface area contributed by atoms with Crippen molar-refractivity contribution in [3.8, 4) is 0 Å². The first kappa shape index (κ1) is 16.9. The van der Waals surface area contributed by atoms with Gasteiger partial charge in [-0.05, 0) is 34.0 Å². The molecule has 0 aliphatic heterocycles. The average molecular weight is 414 g/mol. The van der Waals surface area contributed by atoms with Crippen molar-refractivity contribution in [2.75, 3.05) is 18.8 Å². The predicted octanol–water partition coefficient (Wildman–Crippen LogP) is 3.46. The van der Waals surface area contributed by atoms with Gasteiger partial charge in [-0.25, -0.2) is 8.42 Å². The smallest absolute Gasteiger partial charge is 0.246 e. The molecule has 0 aliphatic rings. The van der Waals surface area contributed by atoms with E-state index < -0.39 is 10.0 Å². The van der Waals surface area contributed by atoms with Gasteiger partial charge < -0.3 is 5.73 Å². The summed E-state index contributed by atoms with van der Waals surface area (Å²) in [4.78, 5) is 0.137. The van der Waals surface area contributed by atoms with Crippen molar-refractivity contribution in [2.24, 2.45) is 5.92 Å². The topological polar surface area (TPSA) is 63.4 Å². The molecule has 19 heavy (non-hydrogen) atoms. The molecule has 0 saturated carbocycles. The van der Waals surface area contributed by atoms with E-state index in [9.17, 15) is 8.42 Å². The molecular formula is C12H18Br2N2O2S. The molecule has 2 N–H and O–H groups in total. The van der Waals surface area contributed by atoms with Crippen molar-refractivity contribution in [3.63, 3.8) is 0 Å². The number of anilines is 1. The Morgan fingerprint density at radius 1 is 1.32 bits per heavy atom. The van der Waals surface area contributed by atoms with E-state index in [1.165, 1.54) is 4.31 Å². The van der Waals surface area contributed by atoms with Crippen LogP contribution in [0, 0.1) is 5.92 Å². The van der Waals surface area contributed by atoms with E-state index in [2.05, 4.69) is 31.9 Å². The summed E-state index contributed by atoms with van der Waals surface area (Å²) in [5.74, 6) is 0.255. The lowest BCUT2D eigenvalue weighted by Gasteiger charge is -2.23. The number of nitrogens with zero attached hydrogens (tertiary/aromatic N) is 1. The summed E-state index contributed by atoms with van der Waals surface area (Å²) in [6.07, 6.45) is 0. The predicted molar refractivity (Wildman–Crippen MR) is 85.5 cm³/mol. The van der Waals surface area contributed by atoms with Gasteiger partial charge in [-0.3, -0.25) is 0 Å². The largest absolute Gasteiger partial charge is 0.398 e. The summed E-state index contributed by atoms with van der Waals surface area (Å²) < 4.78 is 28.0. The first-order valence-electron chi connectivity index (χ1n) is 5.94. The van der Waals surface area contributed by atoms with E-state index in [4.69, 9.17) is 5.73 Å². The molecule has 0 heterocycles. The van der Waals surface area contributed by atoms with Gasteiger partial charge in [-0.1, -0.05) is 36.7 Å². The molecule has 1 aromatic rings. The summed E-state index contributed by atoms with van der Waals surface area (Å²) in [5, 5.41) is 0. The Kier molecular flexibility index (Phi) is 5.85. The molecule has 0 amide bonds. The van der Waals surface area contributed by atoms with Crippen molar-refractivity contribution in [2.45, 2.75) is 25.7 Å². The zero-order valence-electron chi connectivity index (χ0n) is 11.2. The van der Waals surface area contributed by atoms with E-state index in [1.807, 2.05) is 20.8 Å². The van der Waals surface area contributed by atoms with Crippen LogP contribution in [0.4, 0.5) is 5.69 Å². The molecule has 0 bridgehead atoms. The quantitative estimate of drug-likeness (QED) is 0.751. The van der Waals surface area contributed by atoms with Gasteiger partial charge in [-0.2, -0.15) is 4.31 Å². The molecule has 0 atom stereocenters. The van der Waals surface area contributed by atoms with Gasteiger partial charge in [0.15, 0.2) is 0 Å². The van der Waals surface area contributed by atoms with Crippen LogP contribution in [0.15, 0.2) is 26.0 Å². The first-order valence-corrected chi connectivity index (χ1v) is 8.97. The fourth-order valence-electron chi connectivity index (χ4n) is 1.79. The number of hydrogen-bond donors (Lipinski definition) is 1. The molecule has 7 heteroatoms. The minimum Gasteiger partial charge on any atom is -0.398 e. The Hall–Kier alpha value is -0.110. The van der Waals surface area contributed by atoms with Crippen LogP contribution in [0.25, 0.3) is 0 Å². The third-order valence-electron chi connectivity index (χ3n) is 2.56. The summed E-state index contributed by atoms with van der Waals surface area (Å²) in [6, 6.07) is 3.29. The van der Waals surface area contributed by atoms with Crippen LogP contribution in [0.5, 0.6) is 0 Å². The first-order chi connectivity index (χ1) is 8.70. The van der Waals surface area contributed by atoms with Crippen LogP contribution in [-0.2, 0) is 10.0 Å². The molecule has 108 valence electrons. The summed E-state index contributed by atoms with van der Waals surface area (Å²) in [6.45, 7) is 6.68. The van der Waals surface area contributed by atoms with Crippen molar-refractivity contribution in [1.82, 2.24) is 4.31 Å². The third-order valence-corrected chi connectivity index (χ3v) is 5.96. The minimum absolute atomic E-state index is 0.137. The molecule has 0 radical (unpaired) electrons. The van der Waals surface area contributed by atoms with Gasteiger partial charge in [0.1, 0.15) is 4.90 Å². The lowest BCUT2D eigenvalue weighted by Crippen LogP contribution is -2.34. The maximum Gasteiger partial charge on any atom is 0.246 e. The molecule has 1 rings (SSSR count). The standard InChI is InChI=1S/C12H18Br2N2O2S/c1-4-16(7-8(2)3)19(17,18)12-10(14)5-9(13)6-11(12)15/h5-6,8H,4,7,15H2,1-3H3. The number of nitrogens with two attached hydrogens (primary N) is 1. The second kappa shape index (κ2) is 6.56. The molecule has 0 aliphatic carbocycles. The summed E-state index contributed by atoms with van der Waals surface area (Å²) >= 11 is 6.57. The number of rotatable bonds is 5. The Labute approximate surface area is 131 Å². The van der Waals surface area contributed by atoms with Crippen molar-refractivity contribution in [1.29, 1.82) is 0 Å². The number of nitrogen functional groups attached to an aromatic ring is 1. The molecule has 0 fully saturated rings. The van der Waals surface area contributed by atoms with Crippen LogP contribution < -0.4 is 5.73 Å². The zero-order valence-corrected chi connectivity index (χ0v) is 15.1. The second-order valence-corrected chi connectivity index (χ2v) is 8.30. The summed E-state index contributed by atoms with van der Waals surface area (Å²) in [5.41, 5.74) is 6.11. The van der Waals surface area contributed by atoms with E-state index in [1.54, 1.807) is 12.1 Å². The molecule has 0 saturated heterocycles. The molecule has 0 unspecified atom stereocenters. The highest BCUT2D eigenvalue weighted by Crippen LogP contribution is 2.33. The minimum atomic E-state index is -3.58. The van der Waals surface area contributed by atoms with Gasteiger partial charge in [0.05, 0.1) is 5.69 Å². The molecule has 4 nitrogen and oxygen atoms in total. The highest BCUT2D eigenvalue weighted by atomic mass is 79.9. The van der Waals surface area contributed by atoms with E-state index in [0.29, 0.717) is 17.6 Å². The SMILES string of the molecule is CCN(CC(C)C)S(=O)(=O)c1c(N)cc(Br)cc1Br. The van der Waals surface area contributed by atoms with Gasteiger partial charge in [0.25, 0.3) is 0 Å². The second-order valence-electron chi connectivity index (χ2n) is 4.66. The molecule has 0 spiro atoms. The van der Waals surface area contributed by atoms with Gasteiger partial charge in [0.2, 0.25) is 10.0 Å². The summed E-state index contributed by atoms with van der Waals surface area (Å²) in [7, 11) is -3.58. The van der Waals surface area contributed by atoms with Crippen LogP contribution >= 0.6 is 31.9 Å². The highest BCUT2D eigenvalue weighted by Gasteiger charge is 2.28. The fraction of sp³-hybridized carbons (Fsp3) is 0.500. The number of sulfonamides is 1. The maximum atomic E-state index is 12.7. The zero-order chi connectivity index (χ0) is 14.8. The third kappa shape index (κ3) is 3.93. The Morgan fingerprint density at radius 3 is 2.32 bits per heavy atom. The maximum absolute atomic E-state index is 12.7. The number of hydrogen-bond acceptors (Lipinski definition) is 3. The Bertz CT molecular complexity index is 536. The highest BCUT2D eigenvalue weighted by molar-refractivity contribution is 9.11.